The first-order chi connectivity index (χ1) is 16.4. The number of rotatable bonds is 7. The van der Waals surface area contributed by atoms with Crippen LogP contribution in [0.4, 0.5) is 0 Å². The zero-order valence-corrected chi connectivity index (χ0v) is 20.4. The van der Waals surface area contributed by atoms with Crippen LogP contribution in [0, 0.1) is 0 Å². The molecule has 5 nitrogen and oxygen atoms in total. The number of para-hydroxylation sites is 1. The van der Waals surface area contributed by atoms with Gasteiger partial charge in [0, 0.05) is 40.0 Å². The zero-order chi connectivity index (χ0) is 24.1. The number of hydrogen-bond donors (Lipinski definition) is 1. The molecule has 1 amide bonds. The van der Waals surface area contributed by atoms with Crippen LogP contribution in [-0.4, -0.2) is 22.8 Å². The number of carbonyl (C=O) groups excluding carboxylic acids is 1. The van der Waals surface area contributed by atoms with E-state index in [0.717, 1.165) is 16.8 Å². The number of nitrogens with zero attached hydrogens (tertiary/aromatic N) is 2. The summed E-state index contributed by atoms with van der Waals surface area (Å²) in [4.78, 5) is 12.5. The highest BCUT2D eigenvalue weighted by Crippen LogP contribution is 2.31. The molecule has 1 heterocycles. The molecule has 3 aromatic carbocycles. The Balaban J connectivity index is 1.58. The van der Waals surface area contributed by atoms with Crippen LogP contribution in [0.25, 0.3) is 23.0 Å². The van der Waals surface area contributed by atoms with Crippen LogP contribution in [-0.2, 0) is 11.3 Å². The molecule has 0 spiro atoms. The summed E-state index contributed by atoms with van der Waals surface area (Å²) in [6, 6.07) is 20.3. The number of ether oxygens (including phenoxy) is 1. The number of hydrogen-bond acceptors (Lipinski definition) is 3. The van der Waals surface area contributed by atoms with E-state index >= 15 is 0 Å². The van der Waals surface area contributed by atoms with Crippen molar-refractivity contribution in [1.82, 2.24) is 15.1 Å². The number of amides is 1. The van der Waals surface area contributed by atoms with Gasteiger partial charge in [-0.15, -0.1) is 0 Å². The standard InChI is InChI=1S/C26H20Cl3N3O2/c1-34-24-11-8-18(13-23(24)29)26-19(16-32(31-26)21-5-3-2-4-6-21)15-30-25(33)12-9-17-7-10-20(27)14-22(17)28/h2-14,16H,15H2,1H3,(H,30,33)/b12-9+. The molecule has 0 aliphatic carbocycles. The Labute approximate surface area is 212 Å². The summed E-state index contributed by atoms with van der Waals surface area (Å²) < 4.78 is 7.04. The van der Waals surface area contributed by atoms with Crippen molar-refractivity contribution in [3.8, 4) is 22.7 Å². The van der Waals surface area contributed by atoms with Gasteiger partial charge < -0.3 is 10.1 Å². The monoisotopic (exact) mass is 511 g/mol. The maximum atomic E-state index is 12.5. The number of nitrogens with one attached hydrogen (secondary N) is 1. The maximum Gasteiger partial charge on any atom is 0.244 e. The van der Waals surface area contributed by atoms with Gasteiger partial charge in [-0.3, -0.25) is 4.79 Å². The lowest BCUT2D eigenvalue weighted by Gasteiger charge is -2.07. The SMILES string of the molecule is COc1ccc(-c2nn(-c3ccccc3)cc2CNC(=O)/C=C/c2ccc(Cl)cc2Cl)cc1Cl. The van der Waals surface area contributed by atoms with E-state index in [1.807, 2.05) is 42.6 Å². The van der Waals surface area contributed by atoms with Crippen LogP contribution in [0.2, 0.25) is 15.1 Å². The molecule has 0 aliphatic heterocycles. The molecule has 34 heavy (non-hydrogen) atoms. The maximum absolute atomic E-state index is 12.5. The van der Waals surface area contributed by atoms with Crippen LogP contribution < -0.4 is 10.1 Å². The van der Waals surface area contributed by atoms with Crippen molar-refractivity contribution in [3.05, 3.63) is 105 Å². The van der Waals surface area contributed by atoms with E-state index in [9.17, 15) is 4.79 Å². The van der Waals surface area contributed by atoms with Crippen LogP contribution in [0.3, 0.4) is 0 Å². The van der Waals surface area contributed by atoms with Crippen molar-refractivity contribution < 1.29 is 9.53 Å². The van der Waals surface area contributed by atoms with E-state index in [4.69, 9.17) is 44.6 Å². The van der Waals surface area contributed by atoms with Crippen molar-refractivity contribution in [2.75, 3.05) is 7.11 Å². The smallest absolute Gasteiger partial charge is 0.244 e. The average molecular weight is 513 g/mol. The summed E-state index contributed by atoms with van der Waals surface area (Å²) in [7, 11) is 1.57. The Bertz CT molecular complexity index is 1350. The summed E-state index contributed by atoms with van der Waals surface area (Å²) >= 11 is 18.4. The fourth-order valence-corrected chi connectivity index (χ4v) is 4.08. The van der Waals surface area contributed by atoms with Crippen LogP contribution in [0.15, 0.2) is 79.0 Å². The Kier molecular flexibility index (Phi) is 7.58. The fraction of sp³-hybridized carbons (Fsp3) is 0.0769. The molecule has 0 atom stereocenters. The molecule has 0 bridgehead atoms. The molecule has 0 aliphatic rings. The minimum Gasteiger partial charge on any atom is -0.495 e. The Morgan fingerprint density at radius 3 is 2.53 bits per heavy atom. The van der Waals surface area contributed by atoms with Gasteiger partial charge in [-0.2, -0.15) is 5.10 Å². The topological polar surface area (TPSA) is 56.1 Å². The van der Waals surface area contributed by atoms with E-state index in [1.165, 1.54) is 6.08 Å². The fourth-order valence-electron chi connectivity index (χ4n) is 3.35. The number of halogens is 3. The molecule has 8 heteroatoms. The number of methoxy groups -OCH3 is 1. The molecule has 1 aromatic heterocycles. The molecule has 172 valence electrons. The van der Waals surface area contributed by atoms with Gasteiger partial charge in [0.15, 0.2) is 0 Å². The molecule has 4 aromatic rings. The Morgan fingerprint density at radius 2 is 1.82 bits per heavy atom. The predicted molar refractivity (Wildman–Crippen MR) is 138 cm³/mol. The van der Waals surface area contributed by atoms with Crippen LogP contribution >= 0.6 is 34.8 Å². The number of carbonyl (C=O) groups is 1. The Hall–Kier alpha value is -3.25. The number of aromatic nitrogens is 2. The van der Waals surface area contributed by atoms with Crippen LogP contribution in [0.1, 0.15) is 11.1 Å². The second-order valence-electron chi connectivity index (χ2n) is 7.35. The first kappa shape index (κ1) is 23.9. The van der Waals surface area contributed by atoms with E-state index in [-0.39, 0.29) is 12.5 Å². The first-order valence-corrected chi connectivity index (χ1v) is 11.5. The molecule has 0 saturated carbocycles. The highest BCUT2D eigenvalue weighted by Gasteiger charge is 2.15. The third-order valence-electron chi connectivity index (χ3n) is 5.07. The van der Waals surface area contributed by atoms with Gasteiger partial charge in [0.2, 0.25) is 5.91 Å². The highest BCUT2D eigenvalue weighted by molar-refractivity contribution is 6.35. The lowest BCUT2D eigenvalue weighted by Crippen LogP contribution is -2.20. The Morgan fingerprint density at radius 1 is 1.03 bits per heavy atom. The quantitative estimate of drug-likeness (QED) is 0.276. The van der Waals surface area contributed by atoms with Gasteiger partial charge in [0.05, 0.1) is 23.5 Å². The molecule has 0 unspecified atom stereocenters. The molecule has 0 saturated heterocycles. The molecular weight excluding hydrogens is 493 g/mol. The second kappa shape index (κ2) is 10.8. The minimum absolute atomic E-state index is 0.266. The second-order valence-corrected chi connectivity index (χ2v) is 8.60. The molecule has 0 fully saturated rings. The third kappa shape index (κ3) is 5.62. The van der Waals surface area contributed by atoms with Gasteiger partial charge in [-0.05, 0) is 54.1 Å². The van der Waals surface area contributed by atoms with Gasteiger partial charge >= 0.3 is 0 Å². The lowest BCUT2D eigenvalue weighted by molar-refractivity contribution is -0.116. The van der Waals surface area contributed by atoms with Crippen molar-refractivity contribution in [2.24, 2.45) is 0 Å². The van der Waals surface area contributed by atoms with Gasteiger partial charge in [0.1, 0.15) is 5.75 Å². The zero-order valence-electron chi connectivity index (χ0n) is 18.1. The van der Waals surface area contributed by atoms with E-state index in [1.54, 1.807) is 48.2 Å². The average Bonchev–Trinajstić information content (AvgIpc) is 3.27. The van der Waals surface area contributed by atoms with Crippen LogP contribution in [0.5, 0.6) is 5.75 Å². The summed E-state index contributed by atoms with van der Waals surface area (Å²) in [5, 5.41) is 9.15. The largest absolute Gasteiger partial charge is 0.495 e. The lowest BCUT2D eigenvalue weighted by atomic mass is 10.1. The molecule has 1 N–H and O–H groups in total. The van der Waals surface area contributed by atoms with Crippen molar-refractivity contribution >= 4 is 46.8 Å². The highest BCUT2D eigenvalue weighted by atomic mass is 35.5. The number of benzene rings is 3. The summed E-state index contributed by atoms with van der Waals surface area (Å²) in [6.45, 7) is 0.267. The summed E-state index contributed by atoms with van der Waals surface area (Å²) in [5.74, 6) is 0.311. The van der Waals surface area contributed by atoms with E-state index < -0.39 is 0 Å². The predicted octanol–water partition coefficient (Wildman–Crippen LogP) is 6.84. The van der Waals surface area contributed by atoms with Crippen molar-refractivity contribution in [1.29, 1.82) is 0 Å². The van der Waals surface area contributed by atoms with E-state index in [0.29, 0.717) is 32.1 Å². The molecule has 0 radical (unpaired) electrons. The van der Waals surface area contributed by atoms with Gasteiger partial charge in [-0.1, -0.05) is 59.1 Å². The third-order valence-corrected chi connectivity index (χ3v) is 5.92. The van der Waals surface area contributed by atoms with Gasteiger partial charge in [-0.25, -0.2) is 4.68 Å². The first-order valence-electron chi connectivity index (χ1n) is 10.3. The van der Waals surface area contributed by atoms with Crippen molar-refractivity contribution in [3.63, 3.8) is 0 Å². The molecule has 4 rings (SSSR count). The summed E-state index contributed by atoms with van der Waals surface area (Å²) in [5.41, 5.74) is 3.95. The normalized spacial score (nSPS) is 11.1. The molecular formula is C26H20Cl3N3O2. The van der Waals surface area contributed by atoms with Gasteiger partial charge in [0.25, 0.3) is 0 Å². The van der Waals surface area contributed by atoms with E-state index in [2.05, 4.69) is 5.32 Å². The minimum atomic E-state index is -0.266. The summed E-state index contributed by atoms with van der Waals surface area (Å²) in [6.07, 6.45) is 4.97. The van der Waals surface area contributed by atoms with Crippen molar-refractivity contribution in [2.45, 2.75) is 6.54 Å².